The second-order valence-corrected chi connectivity index (χ2v) is 6.30. The van der Waals surface area contributed by atoms with Crippen LogP contribution >= 0.6 is 11.6 Å². The zero-order chi connectivity index (χ0) is 20.8. The van der Waals surface area contributed by atoms with Crippen LogP contribution in [0.4, 0.5) is 14.5 Å². The number of ether oxygens (including phenoxy) is 1. The van der Waals surface area contributed by atoms with Gasteiger partial charge in [0.05, 0.1) is 17.1 Å². The molecule has 0 saturated carbocycles. The van der Waals surface area contributed by atoms with Crippen molar-refractivity contribution in [3.05, 3.63) is 63.7 Å². The highest BCUT2D eigenvalue weighted by molar-refractivity contribution is 6.33. The molecule has 0 saturated heterocycles. The number of nitrogens with one attached hydrogen (secondary N) is 2. The average molecular weight is 411 g/mol. The number of hydrogen-bond donors (Lipinski definition) is 2. The molecule has 2 aromatic carbocycles. The van der Waals surface area contributed by atoms with Crippen LogP contribution in [0.2, 0.25) is 5.02 Å². The number of carbonyl (C=O) groups excluding carboxylic acids is 3. The van der Waals surface area contributed by atoms with E-state index in [0.29, 0.717) is 17.8 Å². The third kappa shape index (κ3) is 5.50. The van der Waals surface area contributed by atoms with Gasteiger partial charge in [-0.3, -0.25) is 9.59 Å². The van der Waals surface area contributed by atoms with E-state index in [0.717, 1.165) is 11.1 Å². The van der Waals surface area contributed by atoms with E-state index in [2.05, 4.69) is 10.6 Å². The predicted molar refractivity (Wildman–Crippen MR) is 99.2 cm³/mol. The second kappa shape index (κ2) is 9.27. The number of esters is 1. The van der Waals surface area contributed by atoms with E-state index in [4.69, 9.17) is 16.3 Å². The van der Waals surface area contributed by atoms with Crippen molar-refractivity contribution in [2.24, 2.45) is 0 Å². The average Bonchev–Trinajstić information content (AvgIpc) is 2.64. The summed E-state index contributed by atoms with van der Waals surface area (Å²) in [6.07, 6.45) is 0. The molecule has 2 N–H and O–H groups in total. The van der Waals surface area contributed by atoms with Crippen LogP contribution in [0.25, 0.3) is 0 Å². The third-order valence-electron chi connectivity index (χ3n) is 3.89. The highest BCUT2D eigenvalue weighted by Crippen LogP contribution is 2.21. The molecule has 148 valence electrons. The van der Waals surface area contributed by atoms with Gasteiger partial charge in [-0.25, -0.2) is 13.6 Å². The molecule has 6 nitrogen and oxygen atoms in total. The normalized spacial score (nSPS) is 10.3. The number of rotatable bonds is 6. The minimum Gasteiger partial charge on any atom is -0.452 e. The number of benzene rings is 2. The molecule has 0 aliphatic carbocycles. The van der Waals surface area contributed by atoms with Gasteiger partial charge in [0.15, 0.2) is 18.2 Å². The molecule has 0 aliphatic heterocycles. The summed E-state index contributed by atoms with van der Waals surface area (Å²) in [6.45, 7) is 2.70. The summed E-state index contributed by atoms with van der Waals surface area (Å²) >= 11 is 5.65. The summed E-state index contributed by atoms with van der Waals surface area (Å²) in [5.41, 5.74) is 2.11. The van der Waals surface area contributed by atoms with Crippen LogP contribution in [-0.2, 0) is 14.3 Å². The molecule has 2 aromatic rings. The molecule has 0 atom stereocenters. The van der Waals surface area contributed by atoms with Crippen molar-refractivity contribution < 1.29 is 27.9 Å². The van der Waals surface area contributed by atoms with Gasteiger partial charge in [0.1, 0.15) is 0 Å². The van der Waals surface area contributed by atoms with E-state index >= 15 is 0 Å². The Kier molecular flexibility index (Phi) is 7.06. The van der Waals surface area contributed by atoms with Gasteiger partial charge < -0.3 is 15.4 Å². The van der Waals surface area contributed by atoms with Crippen molar-refractivity contribution in [1.82, 2.24) is 5.32 Å². The van der Waals surface area contributed by atoms with Crippen molar-refractivity contribution in [2.45, 2.75) is 13.8 Å². The van der Waals surface area contributed by atoms with E-state index in [9.17, 15) is 23.2 Å². The summed E-state index contributed by atoms with van der Waals surface area (Å²) in [4.78, 5) is 35.5. The maximum absolute atomic E-state index is 13.2. The molecule has 0 unspecified atom stereocenters. The molecule has 0 aromatic heterocycles. The first-order chi connectivity index (χ1) is 13.2. The maximum atomic E-state index is 13.2. The second-order valence-electron chi connectivity index (χ2n) is 5.89. The molecule has 0 spiro atoms. The van der Waals surface area contributed by atoms with Crippen LogP contribution in [-0.4, -0.2) is 30.9 Å². The number of hydrogen-bond acceptors (Lipinski definition) is 4. The summed E-state index contributed by atoms with van der Waals surface area (Å²) < 4.78 is 30.9. The van der Waals surface area contributed by atoms with E-state index in [1.807, 2.05) is 19.9 Å². The number of halogens is 3. The Morgan fingerprint density at radius 3 is 2.46 bits per heavy atom. The van der Waals surface area contributed by atoms with Gasteiger partial charge in [-0.2, -0.15) is 0 Å². The molecule has 2 rings (SSSR count). The highest BCUT2D eigenvalue weighted by atomic mass is 35.5. The summed E-state index contributed by atoms with van der Waals surface area (Å²) in [5, 5.41) is 4.59. The SMILES string of the molecule is Cc1cccc(NC(=O)CNC(=O)COC(=O)c2cc(F)c(F)cc2Cl)c1C. The van der Waals surface area contributed by atoms with E-state index in [1.165, 1.54) is 0 Å². The highest BCUT2D eigenvalue weighted by Gasteiger charge is 2.17. The summed E-state index contributed by atoms with van der Waals surface area (Å²) in [7, 11) is 0. The Bertz CT molecular complexity index is 934. The summed E-state index contributed by atoms with van der Waals surface area (Å²) in [5.74, 6) is -4.79. The Morgan fingerprint density at radius 1 is 1.07 bits per heavy atom. The molecular weight excluding hydrogens is 394 g/mol. The molecule has 2 amide bonds. The van der Waals surface area contributed by atoms with E-state index < -0.39 is 41.6 Å². The molecule has 0 aliphatic rings. The Balaban J connectivity index is 1.82. The van der Waals surface area contributed by atoms with Gasteiger partial charge in [-0.05, 0) is 43.2 Å². The van der Waals surface area contributed by atoms with Crippen molar-refractivity contribution >= 4 is 35.1 Å². The Labute approximate surface area is 164 Å². The van der Waals surface area contributed by atoms with Gasteiger partial charge in [0, 0.05) is 5.69 Å². The minimum atomic E-state index is -1.27. The topological polar surface area (TPSA) is 84.5 Å². The lowest BCUT2D eigenvalue weighted by Gasteiger charge is -2.11. The van der Waals surface area contributed by atoms with Crippen LogP contribution in [0.15, 0.2) is 30.3 Å². The first-order valence-electron chi connectivity index (χ1n) is 8.13. The summed E-state index contributed by atoms with van der Waals surface area (Å²) in [6, 6.07) is 6.63. The number of carbonyl (C=O) groups is 3. The van der Waals surface area contributed by atoms with Gasteiger partial charge in [-0.15, -0.1) is 0 Å². The standard InChI is InChI=1S/C19H17ClF2N2O4/c1-10-4-3-5-16(11(10)2)24-17(25)8-23-18(26)9-28-19(27)12-6-14(21)15(22)7-13(12)20/h3-7H,8-9H2,1-2H3,(H,23,26)(H,24,25). The zero-order valence-corrected chi connectivity index (χ0v) is 15.8. The molecule has 0 radical (unpaired) electrons. The van der Waals surface area contributed by atoms with Gasteiger partial charge in [0.25, 0.3) is 5.91 Å². The molecule has 0 bridgehead atoms. The largest absolute Gasteiger partial charge is 0.452 e. The Morgan fingerprint density at radius 2 is 1.75 bits per heavy atom. The molecule has 9 heteroatoms. The zero-order valence-electron chi connectivity index (χ0n) is 15.1. The number of amides is 2. The fourth-order valence-corrected chi connectivity index (χ4v) is 2.43. The van der Waals surface area contributed by atoms with Crippen LogP contribution in [0.1, 0.15) is 21.5 Å². The van der Waals surface area contributed by atoms with Gasteiger partial charge in [-0.1, -0.05) is 23.7 Å². The van der Waals surface area contributed by atoms with Crippen LogP contribution in [0.5, 0.6) is 0 Å². The van der Waals surface area contributed by atoms with Crippen molar-refractivity contribution in [3.8, 4) is 0 Å². The molecular formula is C19H17ClF2N2O4. The lowest BCUT2D eigenvalue weighted by atomic mass is 10.1. The van der Waals surface area contributed by atoms with Crippen molar-refractivity contribution in [2.75, 3.05) is 18.5 Å². The van der Waals surface area contributed by atoms with Crippen molar-refractivity contribution in [3.63, 3.8) is 0 Å². The first kappa shape index (κ1) is 21.3. The fourth-order valence-electron chi connectivity index (χ4n) is 2.20. The monoisotopic (exact) mass is 410 g/mol. The van der Waals surface area contributed by atoms with E-state index in [1.54, 1.807) is 12.1 Å². The molecule has 0 fully saturated rings. The van der Waals surface area contributed by atoms with Crippen LogP contribution < -0.4 is 10.6 Å². The molecule has 0 heterocycles. The third-order valence-corrected chi connectivity index (χ3v) is 4.20. The lowest BCUT2D eigenvalue weighted by Crippen LogP contribution is -2.35. The molecule has 28 heavy (non-hydrogen) atoms. The fraction of sp³-hybridized carbons (Fsp3) is 0.211. The smallest absolute Gasteiger partial charge is 0.340 e. The van der Waals surface area contributed by atoms with Crippen molar-refractivity contribution in [1.29, 1.82) is 0 Å². The number of anilines is 1. The van der Waals surface area contributed by atoms with Gasteiger partial charge in [0.2, 0.25) is 5.91 Å². The quantitative estimate of drug-likeness (QED) is 0.566. The lowest BCUT2D eigenvalue weighted by molar-refractivity contribution is -0.126. The van der Waals surface area contributed by atoms with Crippen LogP contribution in [0.3, 0.4) is 0 Å². The first-order valence-corrected chi connectivity index (χ1v) is 8.51. The predicted octanol–water partition coefficient (Wildman–Crippen LogP) is 3.15. The number of aryl methyl sites for hydroxylation is 1. The minimum absolute atomic E-state index is 0.338. The van der Waals surface area contributed by atoms with E-state index in [-0.39, 0.29) is 11.6 Å². The Hall–Kier alpha value is -3.00. The van der Waals surface area contributed by atoms with Crippen LogP contribution in [0, 0.1) is 25.5 Å². The van der Waals surface area contributed by atoms with Gasteiger partial charge >= 0.3 is 5.97 Å². The maximum Gasteiger partial charge on any atom is 0.340 e.